The molecule has 0 spiro atoms. The highest BCUT2D eigenvalue weighted by Crippen LogP contribution is 3.02. The molecule has 0 unspecified atom stereocenters. The third kappa shape index (κ3) is 4.32. The van der Waals surface area contributed by atoms with Crippen molar-refractivity contribution in [3.63, 3.8) is 0 Å². The fourth-order valence-electron chi connectivity index (χ4n) is 1.60. The van der Waals surface area contributed by atoms with Crippen molar-refractivity contribution in [2.45, 2.75) is 4.90 Å². The highest BCUT2D eigenvalue weighted by molar-refractivity contribution is 14.1. The summed E-state index contributed by atoms with van der Waals surface area (Å²) in [5.74, 6) is -0.545. The van der Waals surface area contributed by atoms with Crippen LogP contribution in [0.5, 0.6) is 0 Å². The van der Waals surface area contributed by atoms with E-state index >= 15 is 0 Å². The van der Waals surface area contributed by atoms with Crippen molar-refractivity contribution >= 4 is 44.4 Å². The average molecular weight is 449 g/mol. The highest BCUT2D eigenvalue weighted by Gasteiger charge is 2.65. The SMILES string of the molecule is O=C(Nc1ccc(S(F)(F)(F)(F)F)cc1)c1ccc(I)cc1. The minimum Gasteiger partial charge on any atom is -0.322 e. The van der Waals surface area contributed by atoms with Crippen molar-refractivity contribution < 1.29 is 24.2 Å². The Balaban J connectivity index is 2.19. The fraction of sp³-hybridized carbons (Fsp3) is 0. The lowest BCUT2D eigenvalue weighted by atomic mass is 10.2. The minimum atomic E-state index is -9.68. The Morgan fingerprint density at radius 3 is 1.82 bits per heavy atom. The third-order valence-electron chi connectivity index (χ3n) is 2.66. The molecule has 9 heteroatoms. The van der Waals surface area contributed by atoms with E-state index in [1.807, 2.05) is 0 Å². The van der Waals surface area contributed by atoms with Crippen LogP contribution in [0.3, 0.4) is 0 Å². The predicted octanol–water partition coefficient (Wildman–Crippen LogP) is 6.20. The maximum absolute atomic E-state index is 12.6. The van der Waals surface area contributed by atoms with E-state index in [0.29, 0.717) is 5.56 Å². The van der Waals surface area contributed by atoms with E-state index in [4.69, 9.17) is 0 Å². The van der Waals surface area contributed by atoms with E-state index < -0.39 is 21.0 Å². The van der Waals surface area contributed by atoms with Gasteiger partial charge in [-0.3, -0.25) is 4.79 Å². The molecule has 0 aromatic heterocycles. The van der Waals surface area contributed by atoms with Gasteiger partial charge in [-0.1, -0.05) is 19.4 Å². The molecule has 0 fully saturated rings. The van der Waals surface area contributed by atoms with Crippen LogP contribution in [-0.2, 0) is 0 Å². The fourth-order valence-corrected chi connectivity index (χ4v) is 2.61. The molecule has 0 aliphatic rings. The number of amides is 1. The zero-order valence-electron chi connectivity index (χ0n) is 10.7. The van der Waals surface area contributed by atoms with Gasteiger partial charge in [-0.05, 0) is 71.1 Å². The number of hydrogen-bond donors (Lipinski definition) is 1. The number of carbonyl (C=O) groups excluding carboxylic acids is 1. The summed E-state index contributed by atoms with van der Waals surface area (Å²) < 4.78 is 63.7. The molecular weight excluding hydrogens is 440 g/mol. The van der Waals surface area contributed by atoms with Crippen LogP contribution in [0, 0.1) is 3.57 Å². The van der Waals surface area contributed by atoms with Crippen molar-refractivity contribution in [1.29, 1.82) is 0 Å². The zero-order chi connectivity index (χ0) is 16.7. The lowest BCUT2D eigenvalue weighted by Crippen LogP contribution is -2.12. The average Bonchev–Trinajstić information content (AvgIpc) is 2.37. The van der Waals surface area contributed by atoms with Crippen molar-refractivity contribution in [3.05, 3.63) is 57.7 Å². The topological polar surface area (TPSA) is 29.1 Å². The summed E-state index contributed by atoms with van der Waals surface area (Å²) in [6.45, 7) is 0. The summed E-state index contributed by atoms with van der Waals surface area (Å²) in [5.41, 5.74) is 0.298. The normalized spacial score (nSPS) is 14.8. The van der Waals surface area contributed by atoms with E-state index in [9.17, 15) is 24.2 Å². The van der Waals surface area contributed by atoms with Crippen LogP contribution in [0.1, 0.15) is 10.4 Å². The van der Waals surface area contributed by atoms with Crippen LogP contribution in [-0.4, -0.2) is 5.91 Å². The molecule has 0 radical (unpaired) electrons. The first kappa shape index (κ1) is 17.0. The van der Waals surface area contributed by atoms with Gasteiger partial charge in [0.05, 0.1) is 0 Å². The van der Waals surface area contributed by atoms with Crippen LogP contribution >= 0.6 is 32.8 Å². The molecule has 0 saturated carbocycles. The summed E-state index contributed by atoms with van der Waals surface area (Å²) in [7, 11) is -9.68. The summed E-state index contributed by atoms with van der Waals surface area (Å²) in [5, 5.41) is 2.34. The molecule has 2 aromatic carbocycles. The maximum atomic E-state index is 12.6. The van der Waals surface area contributed by atoms with Crippen molar-refractivity contribution in [2.24, 2.45) is 0 Å². The monoisotopic (exact) mass is 449 g/mol. The third-order valence-corrected chi connectivity index (χ3v) is 4.55. The standard InChI is InChI=1S/C13H9F5INOS/c14-22(15,16,17,18)12-7-5-11(6-8-12)20-13(21)9-1-3-10(19)4-2-9/h1-8H,(H,20,21). The van der Waals surface area contributed by atoms with Crippen molar-refractivity contribution in [2.75, 3.05) is 5.32 Å². The Hall–Kier alpha value is -1.36. The van der Waals surface area contributed by atoms with E-state index in [-0.39, 0.29) is 17.8 Å². The number of nitrogens with one attached hydrogen (secondary N) is 1. The van der Waals surface area contributed by atoms with E-state index in [0.717, 1.165) is 15.7 Å². The van der Waals surface area contributed by atoms with Gasteiger partial charge in [0.1, 0.15) is 4.90 Å². The van der Waals surface area contributed by atoms with E-state index in [1.165, 1.54) is 0 Å². The number of anilines is 1. The Bertz CT molecular complexity index is 713. The van der Waals surface area contributed by atoms with Crippen LogP contribution < -0.4 is 5.32 Å². The molecule has 0 bridgehead atoms. The first-order valence-electron chi connectivity index (χ1n) is 5.76. The predicted molar refractivity (Wildman–Crippen MR) is 85.0 cm³/mol. The number of benzene rings is 2. The highest BCUT2D eigenvalue weighted by atomic mass is 127. The smallest absolute Gasteiger partial charge is 0.310 e. The first-order valence-corrected chi connectivity index (χ1v) is 8.79. The van der Waals surface area contributed by atoms with Crippen molar-refractivity contribution in [3.8, 4) is 0 Å². The second-order valence-corrected chi connectivity index (χ2v) is 8.11. The van der Waals surface area contributed by atoms with Gasteiger partial charge in [-0.15, -0.1) is 0 Å². The molecule has 1 N–H and O–H groups in total. The molecule has 0 saturated heterocycles. The van der Waals surface area contributed by atoms with Crippen molar-refractivity contribution in [1.82, 2.24) is 0 Å². The van der Waals surface area contributed by atoms with E-state index in [2.05, 4.69) is 27.9 Å². The molecule has 0 atom stereocenters. The molecule has 0 aliphatic heterocycles. The molecular formula is C13H9F5INOS. The summed E-state index contributed by atoms with van der Waals surface area (Å²) >= 11 is 2.05. The largest absolute Gasteiger partial charge is 0.322 e. The van der Waals surface area contributed by atoms with Crippen LogP contribution in [0.25, 0.3) is 0 Å². The molecule has 0 heterocycles. The lowest BCUT2D eigenvalue weighted by Gasteiger charge is -2.40. The molecule has 1 amide bonds. The van der Waals surface area contributed by atoms with Gasteiger partial charge in [-0.25, -0.2) is 0 Å². The number of rotatable bonds is 3. The molecule has 2 rings (SSSR count). The summed E-state index contributed by atoms with van der Waals surface area (Å²) in [6, 6.07) is 8.55. The number of hydrogen-bond acceptors (Lipinski definition) is 1. The number of carbonyl (C=O) groups is 1. The maximum Gasteiger partial charge on any atom is 0.310 e. The van der Waals surface area contributed by atoms with E-state index in [1.54, 1.807) is 24.3 Å². The Morgan fingerprint density at radius 1 is 0.864 bits per heavy atom. The molecule has 22 heavy (non-hydrogen) atoms. The first-order chi connectivity index (χ1) is 9.85. The van der Waals surface area contributed by atoms with Gasteiger partial charge in [0.15, 0.2) is 0 Å². The van der Waals surface area contributed by atoms with Gasteiger partial charge in [0.25, 0.3) is 5.91 Å². The van der Waals surface area contributed by atoms with Gasteiger partial charge in [0, 0.05) is 14.8 Å². The van der Waals surface area contributed by atoms with Gasteiger partial charge in [-0.2, -0.15) is 0 Å². The lowest BCUT2D eigenvalue weighted by molar-refractivity contribution is 0.102. The molecule has 120 valence electrons. The summed E-state index contributed by atoms with van der Waals surface area (Å²) in [4.78, 5) is 9.86. The van der Waals surface area contributed by atoms with Crippen LogP contribution in [0.4, 0.5) is 25.1 Å². The summed E-state index contributed by atoms with van der Waals surface area (Å²) in [6.07, 6.45) is 0. The van der Waals surface area contributed by atoms with Gasteiger partial charge >= 0.3 is 10.2 Å². The Morgan fingerprint density at radius 2 is 1.36 bits per heavy atom. The number of halogens is 6. The minimum absolute atomic E-state index is 0.00542. The molecule has 2 aromatic rings. The molecule has 2 nitrogen and oxygen atoms in total. The second-order valence-electron chi connectivity index (χ2n) is 4.45. The molecule has 0 aliphatic carbocycles. The second kappa shape index (κ2) is 4.82. The quantitative estimate of drug-likeness (QED) is 0.439. The van der Waals surface area contributed by atoms with Crippen LogP contribution in [0.2, 0.25) is 0 Å². The van der Waals surface area contributed by atoms with Gasteiger partial charge < -0.3 is 5.32 Å². The zero-order valence-corrected chi connectivity index (χ0v) is 13.7. The Kier molecular flexibility index (Phi) is 3.72. The van der Waals surface area contributed by atoms with Gasteiger partial charge in [0.2, 0.25) is 0 Å². The van der Waals surface area contributed by atoms with Crippen LogP contribution in [0.15, 0.2) is 53.4 Å². The Labute approximate surface area is 136 Å².